The molecule has 2 heterocycles. The maximum atomic E-state index is 12.4. The molecule has 1 fully saturated rings. The highest BCUT2D eigenvalue weighted by molar-refractivity contribution is 7.89. The average Bonchev–Trinajstić information content (AvgIpc) is 2.92. The van der Waals surface area contributed by atoms with Crippen LogP contribution in [0.25, 0.3) is 0 Å². The van der Waals surface area contributed by atoms with Crippen LogP contribution < -0.4 is 10.0 Å². The van der Waals surface area contributed by atoms with E-state index >= 15 is 0 Å². The van der Waals surface area contributed by atoms with Crippen molar-refractivity contribution in [3.05, 3.63) is 35.9 Å². The van der Waals surface area contributed by atoms with Gasteiger partial charge in [-0.25, -0.2) is 13.1 Å². The van der Waals surface area contributed by atoms with Crippen LogP contribution >= 0.6 is 0 Å². The van der Waals surface area contributed by atoms with Gasteiger partial charge in [0.25, 0.3) is 0 Å². The van der Waals surface area contributed by atoms with Crippen LogP contribution in [0.2, 0.25) is 0 Å². The van der Waals surface area contributed by atoms with Crippen LogP contribution in [0.5, 0.6) is 0 Å². The number of sulfonamides is 1. The third-order valence-electron chi connectivity index (χ3n) is 4.67. The quantitative estimate of drug-likeness (QED) is 0.857. The lowest BCUT2D eigenvalue weighted by atomic mass is 10.0. The van der Waals surface area contributed by atoms with E-state index < -0.39 is 10.0 Å². The fraction of sp³-hybridized carbons (Fsp3) is 0.562. The Morgan fingerprint density at radius 3 is 3.05 bits per heavy atom. The van der Waals surface area contributed by atoms with Crippen LogP contribution in [0.4, 0.5) is 0 Å². The number of nitrogens with zero attached hydrogens (tertiary/aromatic N) is 1. The molecule has 0 aliphatic carbocycles. The van der Waals surface area contributed by atoms with Gasteiger partial charge in [-0.1, -0.05) is 6.07 Å². The van der Waals surface area contributed by atoms with E-state index in [0.29, 0.717) is 10.9 Å². The van der Waals surface area contributed by atoms with Crippen molar-refractivity contribution in [3.63, 3.8) is 0 Å². The average molecular weight is 322 g/mol. The summed E-state index contributed by atoms with van der Waals surface area (Å²) in [5.74, 6) is 0. The van der Waals surface area contributed by atoms with Crippen molar-refractivity contribution in [3.8, 4) is 0 Å². The topological polar surface area (TPSA) is 61.4 Å². The van der Waals surface area contributed by atoms with Crippen molar-refractivity contribution < 1.29 is 8.42 Å². The van der Waals surface area contributed by atoms with Gasteiger partial charge < -0.3 is 10.2 Å². The summed E-state index contributed by atoms with van der Waals surface area (Å²) >= 11 is 0. The maximum absolute atomic E-state index is 12.4. The first-order valence-electron chi connectivity index (χ1n) is 7.93. The van der Waals surface area contributed by atoms with Gasteiger partial charge >= 0.3 is 0 Å². The Hall–Kier alpha value is -0.950. The standard InChI is InChI=1S/C16H24N3O2S/c1-19-10-2-3-15(19)7-9-18-22(20,21)16-5-4-13-6-8-17-12-14(13)11-16/h4-5,9,11,15,17-18H,2-3,6-8,10,12H2,1H3. The third kappa shape index (κ3) is 3.51. The van der Waals surface area contributed by atoms with Gasteiger partial charge in [0.05, 0.1) is 4.90 Å². The van der Waals surface area contributed by atoms with Crippen LogP contribution in [0.15, 0.2) is 23.1 Å². The Morgan fingerprint density at radius 2 is 2.27 bits per heavy atom. The molecule has 1 saturated heterocycles. The zero-order chi connectivity index (χ0) is 15.6. The second-order valence-electron chi connectivity index (χ2n) is 6.20. The van der Waals surface area contributed by atoms with Crippen molar-refractivity contribution in [2.24, 2.45) is 0 Å². The fourth-order valence-corrected chi connectivity index (χ4v) is 4.26. The Labute approximate surface area is 133 Å². The van der Waals surface area contributed by atoms with Crippen molar-refractivity contribution in [1.29, 1.82) is 0 Å². The van der Waals surface area contributed by atoms with Gasteiger partial charge in [0.2, 0.25) is 10.0 Å². The molecule has 1 aromatic carbocycles. The highest BCUT2D eigenvalue weighted by Crippen LogP contribution is 2.21. The summed E-state index contributed by atoms with van der Waals surface area (Å²) in [6.07, 6.45) is 4.05. The predicted octanol–water partition coefficient (Wildman–Crippen LogP) is 1.26. The van der Waals surface area contributed by atoms with E-state index in [-0.39, 0.29) is 0 Å². The first-order chi connectivity index (χ1) is 10.6. The molecule has 1 atom stereocenters. The molecule has 2 aliphatic rings. The van der Waals surface area contributed by atoms with E-state index in [9.17, 15) is 8.42 Å². The minimum Gasteiger partial charge on any atom is -0.312 e. The molecule has 0 spiro atoms. The molecule has 6 heteroatoms. The zero-order valence-corrected chi connectivity index (χ0v) is 13.8. The monoisotopic (exact) mass is 322 g/mol. The first kappa shape index (κ1) is 15.9. The smallest absolute Gasteiger partial charge is 0.240 e. The fourth-order valence-electron chi connectivity index (χ4n) is 3.26. The van der Waals surface area contributed by atoms with E-state index in [0.717, 1.165) is 44.5 Å². The molecular formula is C16H24N3O2S. The number of hydrogen-bond donors (Lipinski definition) is 2. The van der Waals surface area contributed by atoms with Gasteiger partial charge in [-0.2, -0.15) is 0 Å². The molecule has 0 aromatic heterocycles. The Morgan fingerprint density at radius 1 is 1.41 bits per heavy atom. The molecule has 121 valence electrons. The molecular weight excluding hydrogens is 298 g/mol. The summed E-state index contributed by atoms with van der Waals surface area (Å²) in [6, 6.07) is 5.90. The van der Waals surface area contributed by atoms with Crippen molar-refractivity contribution in [1.82, 2.24) is 14.9 Å². The number of fused-ring (bicyclic) bond motifs is 1. The molecule has 1 aromatic rings. The van der Waals surface area contributed by atoms with Gasteiger partial charge in [-0.05, 0) is 69.1 Å². The molecule has 1 radical (unpaired) electrons. The van der Waals surface area contributed by atoms with E-state index in [4.69, 9.17) is 0 Å². The van der Waals surface area contributed by atoms with Crippen LogP contribution in [-0.2, 0) is 23.0 Å². The minimum atomic E-state index is -3.45. The molecule has 5 nitrogen and oxygen atoms in total. The Kier molecular flexibility index (Phi) is 4.82. The largest absolute Gasteiger partial charge is 0.312 e. The lowest BCUT2D eigenvalue weighted by Gasteiger charge is -2.20. The number of hydrogen-bond acceptors (Lipinski definition) is 4. The summed E-state index contributed by atoms with van der Waals surface area (Å²) in [5, 5.41) is 3.28. The number of rotatable bonds is 5. The second kappa shape index (κ2) is 6.66. The summed E-state index contributed by atoms with van der Waals surface area (Å²) in [4.78, 5) is 2.64. The Balaban J connectivity index is 1.62. The van der Waals surface area contributed by atoms with Gasteiger partial charge in [0, 0.05) is 19.1 Å². The summed E-state index contributed by atoms with van der Waals surface area (Å²) in [7, 11) is -1.36. The molecule has 3 rings (SSSR count). The maximum Gasteiger partial charge on any atom is 0.240 e. The molecule has 0 saturated carbocycles. The summed E-state index contributed by atoms with van der Waals surface area (Å²) in [6.45, 7) is 4.50. The van der Waals surface area contributed by atoms with E-state index in [1.54, 1.807) is 18.7 Å². The SMILES string of the molecule is CN1CCCC1C[CH]NS(=O)(=O)c1ccc2c(c1)CNCC2. The predicted molar refractivity (Wildman–Crippen MR) is 86.7 cm³/mol. The number of nitrogens with one attached hydrogen (secondary N) is 2. The van der Waals surface area contributed by atoms with Gasteiger partial charge in [-0.3, -0.25) is 0 Å². The first-order valence-corrected chi connectivity index (χ1v) is 9.41. The van der Waals surface area contributed by atoms with Crippen molar-refractivity contribution in [2.75, 3.05) is 20.1 Å². The molecule has 2 aliphatic heterocycles. The van der Waals surface area contributed by atoms with Gasteiger partial charge in [-0.15, -0.1) is 0 Å². The summed E-state index contributed by atoms with van der Waals surface area (Å²) < 4.78 is 27.4. The minimum absolute atomic E-state index is 0.353. The zero-order valence-electron chi connectivity index (χ0n) is 13.0. The molecule has 2 N–H and O–H groups in total. The van der Waals surface area contributed by atoms with Gasteiger partial charge in [0.1, 0.15) is 0 Å². The lowest BCUT2D eigenvalue weighted by molar-refractivity contribution is 0.306. The van der Waals surface area contributed by atoms with Crippen molar-refractivity contribution in [2.45, 2.75) is 43.2 Å². The molecule has 22 heavy (non-hydrogen) atoms. The molecule has 1 unspecified atom stereocenters. The van der Waals surface area contributed by atoms with Gasteiger partial charge in [0.15, 0.2) is 0 Å². The summed E-state index contributed by atoms with van der Waals surface area (Å²) in [5.41, 5.74) is 2.33. The van der Waals surface area contributed by atoms with Crippen molar-refractivity contribution >= 4 is 10.0 Å². The van der Waals surface area contributed by atoms with E-state index in [2.05, 4.69) is 22.0 Å². The molecule has 0 bridgehead atoms. The van der Waals surface area contributed by atoms with Crippen LogP contribution in [0.1, 0.15) is 30.4 Å². The third-order valence-corrected chi connectivity index (χ3v) is 6.03. The van der Waals surface area contributed by atoms with Crippen LogP contribution in [0.3, 0.4) is 0 Å². The number of benzene rings is 1. The van der Waals surface area contributed by atoms with E-state index in [1.165, 1.54) is 12.0 Å². The second-order valence-corrected chi connectivity index (χ2v) is 7.91. The van der Waals surface area contributed by atoms with E-state index in [1.807, 2.05) is 6.07 Å². The number of likely N-dealkylation sites (tertiary alicyclic amines) is 1. The highest BCUT2D eigenvalue weighted by atomic mass is 32.2. The highest BCUT2D eigenvalue weighted by Gasteiger charge is 2.22. The normalized spacial score (nSPS) is 22.7. The Bertz CT molecular complexity index is 630. The lowest BCUT2D eigenvalue weighted by Crippen LogP contribution is -2.29. The van der Waals surface area contributed by atoms with Crippen LogP contribution in [-0.4, -0.2) is 39.5 Å². The van der Waals surface area contributed by atoms with Crippen LogP contribution in [0, 0.1) is 6.54 Å². The molecule has 0 amide bonds.